The summed E-state index contributed by atoms with van der Waals surface area (Å²) in [6.45, 7) is 12.3. The molecule has 176 valence electrons. The zero-order chi connectivity index (χ0) is 24.4. The molecule has 3 heteroatoms. The molecule has 3 fully saturated rings. The predicted octanol–water partition coefficient (Wildman–Crippen LogP) is 6.49. The molecular formula is C29H44N2O. The number of amides is 1. The maximum Gasteiger partial charge on any atom is 0.220 e. The third-order valence-electron chi connectivity index (χ3n) is 6.76. The summed E-state index contributed by atoms with van der Waals surface area (Å²) in [6.07, 6.45) is 14.6. The molecule has 32 heavy (non-hydrogen) atoms. The average Bonchev–Trinajstić information content (AvgIpc) is 3.67. The Morgan fingerprint density at radius 1 is 1.06 bits per heavy atom. The number of nitrogens with two attached hydrogens (primary N) is 1. The van der Waals surface area contributed by atoms with E-state index in [9.17, 15) is 4.79 Å². The van der Waals surface area contributed by atoms with Crippen molar-refractivity contribution < 1.29 is 4.79 Å². The van der Waals surface area contributed by atoms with Crippen molar-refractivity contribution >= 4 is 16.7 Å². The molecule has 4 atom stereocenters. The van der Waals surface area contributed by atoms with E-state index in [2.05, 4.69) is 81.4 Å². The standard InChI is InChI=1S/C12H12.C10H16N2O.C3H8.C2H6.C2H2/c1-2-10-7-5-8-11-6-3-4-9-12(10)11;1-2-7(13)12-8-9-5-6(9)3-4-10(8,9)11;1-3-2;2*1-2/h3-9H,2H2,1H3;6,8H,2-5,11H2,1H3,(H,12,13);3H2,1-2H3;1-2H3;1-2H. The van der Waals surface area contributed by atoms with Crippen molar-refractivity contribution in [2.45, 2.75) is 91.6 Å². The summed E-state index contributed by atoms with van der Waals surface area (Å²) in [6, 6.07) is 15.3. The lowest BCUT2D eigenvalue weighted by Crippen LogP contribution is -2.36. The molecule has 2 aromatic rings. The van der Waals surface area contributed by atoms with Crippen LogP contribution in [-0.2, 0) is 11.2 Å². The zero-order valence-corrected chi connectivity index (χ0v) is 21.1. The Balaban J connectivity index is 0.000000252. The van der Waals surface area contributed by atoms with Gasteiger partial charge in [-0.2, -0.15) is 0 Å². The quantitative estimate of drug-likeness (QED) is 0.541. The van der Waals surface area contributed by atoms with Crippen LogP contribution in [0.2, 0.25) is 0 Å². The maximum atomic E-state index is 11.2. The minimum atomic E-state index is -0.0114. The summed E-state index contributed by atoms with van der Waals surface area (Å²) in [5, 5.41) is 5.80. The van der Waals surface area contributed by atoms with Gasteiger partial charge in [0.25, 0.3) is 0 Å². The van der Waals surface area contributed by atoms with Gasteiger partial charge in [-0.15, -0.1) is 12.8 Å². The Kier molecular flexibility index (Phi) is 11.0. The van der Waals surface area contributed by atoms with Crippen molar-refractivity contribution in [3.63, 3.8) is 0 Å². The van der Waals surface area contributed by atoms with Crippen LogP contribution in [-0.4, -0.2) is 17.5 Å². The molecule has 0 saturated heterocycles. The number of rotatable bonds is 3. The fourth-order valence-corrected chi connectivity index (χ4v) is 5.19. The van der Waals surface area contributed by atoms with Crippen LogP contribution in [0.3, 0.4) is 0 Å². The number of benzene rings is 2. The van der Waals surface area contributed by atoms with Gasteiger partial charge in [0, 0.05) is 17.4 Å². The number of hydrogen-bond donors (Lipinski definition) is 2. The molecule has 0 radical (unpaired) electrons. The van der Waals surface area contributed by atoms with E-state index in [1.165, 1.54) is 35.6 Å². The van der Waals surface area contributed by atoms with Gasteiger partial charge in [-0.25, -0.2) is 0 Å². The van der Waals surface area contributed by atoms with Crippen LogP contribution < -0.4 is 11.1 Å². The van der Waals surface area contributed by atoms with Crippen LogP contribution in [0.5, 0.6) is 0 Å². The lowest BCUT2D eigenvalue weighted by molar-refractivity contribution is -0.121. The number of fused-ring (bicyclic) bond motifs is 1. The van der Waals surface area contributed by atoms with Crippen LogP contribution in [0.1, 0.15) is 79.2 Å². The number of carbonyl (C=O) groups is 1. The number of hydrogen-bond acceptors (Lipinski definition) is 2. The summed E-state index contributed by atoms with van der Waals surface area (Å²) in [4.78, 5) is 11.2. The van der Waals surface area contributed by atoms with Gasteiger partial charge >= 0.3 is 0 Å². The molecule has 3 aliphatic carbocycles. The van der Waals surface area contributed by atoms with Gasteiger partial charge < -0.3 is 11.1 Å². The summed E-state index contributed by atoms with van der Waals surface area (Å²) in [5.41, 5.74) is 8.05. The monoisotopic (exact) mass is 436 g/mol. The van der Waals surface area contributed by atoms with Gasteiger partial charge in [-0.1, -0.05) is 90.4 Å². The minimum absolute atomic E-state index is 0.0114. The van der Waals surface area contributed by atoms with Gasteiger partial charge in [0.15, 0.2) is 0 Å². The van der Waals surface area contributed by atoms with Crippen LogP contribution in [0.4, 0.5) is 0 Å². The molecule has 0 bridgehead atoms. The molecule has 2 aromatic carbocycles. The van der Waals surface area contributed by atoms with E-state index < -0.39 is 0 Å². The highest BCUT2D eigenvalue weighted by atomic mass is 16.1. The van der Waals surface area contributed by atoms with Gasteiger partial charge in [0.05, 0.1) is 6.04 Å². The molecule has 5 rings (SSSR count). The van der Waals surface area contributed by atoms with Crippen LogP contribution >= 0.6 is 0 Å². The van der Waals surface area contributed by atoms with E-state index in [0.717, 1.165) is 18.8 Å². The molecule has 0 aromatic heterocycles. The number of nitrogens with one attached hydrogen (secondary N) is 1. The average molecular weight is 437 g/mol. The summed E-state index contributed by atoms with van der Waals surface area (Å²) in [7, 11) is 0. The van der Waals surface area contributed by atoms with Crippen LogP contribution in [0.25, 0.3) is 10.8 Å². The van der Waals surface area contributed by atoms with Gasteiger partial charge in [-0.3, -0.25) is 4.79 Å². The molecule has 3 N–H and O–H groups in total. The second-order valence-electron chi connectivity index (χ2n) is 8.57. The topological polar surface area (TPSA) is 55.1 Å². The van der Waals surface area contributed by atoms with Crippen molar-refractivity contribution in [3.8, 4) is 12.8 Å². The number of terminal acetylenes is 1. The number of carbonyl (C=O) groups excluding carboxylic acids is 1. The third-order valence-corrected chi connectivity index (χ3v) is 6.76. The van der Waals surface area contributed by atoms with Crippen molar-refractivity contribution in [1.82, 2.24) is 5.32 Å². The summed E-state index contributed by atoms with van der Waals surface area (Å²) in [5.74, 6) is 0.990. The highest BCUT2D eigenvalue weighted by Crippen LogP contribution is 2.82. The van der Waals surface area contributed by atoms with Crippen LogP contribution in [0, 0.1) is 24.2 Å². The van der Waals surface area contributed by atoms with Crippen LogP contribution in [0.15, 0.2) is 42.5 Å². The Hall–Kier alpha value is -2.31. The lowest BCUT2D eigenvalue weighted by atomic mass is 10.0. The minimum Gasteiger partial charge on any atom is -0.351 e. The molecule has 3 nitrogen and oxygen atoms in total. The molecule has 3 saturated carbocycles. The molecule has 1 spiro atoms. The molecule has 0 aliphatic heterocycles. The maximum absolute atomic E-state index is 11.2. The van der Waals surface area contributed by atoms with E-state index in [1.54, 1.807) is 0 Å². The van der Waals surface area contributed by atoms with Gasteiger partial charge in [0.2, 0.25) is 5.91 Å². The lowest BCUT2D eigenvalue weighted by Gasteiger charge is -2.09. The SMILES string of the molecule is C#C.CC.CCC.CCC(=O)NC1C2(N)CCC3CC312.CCc1cccc2ccccc12. The van der Waals surface area contributed by atoms with E-state index in [4.69, 9.17) is 5.73 Å². The zero-order valence-electron chi connectivity index (χ0n) is 21.1. The fraction of sp³-hybridized carbons (Fsp3) is 0.552. The van der Waals surface area contributed by atoms with Crippen molar-refractivity contribution in [2.75, 3.05) is 0 Å². The smallest absolute Gasteiger partial charge is 0.220 e. The van der Waals surface area contributed by atoms with E-state index in [1.807, 2.05) is 20.8 Å². The highest BCUT2D eigenvalue weighted by molar-refractivity contribution is 5.85. The molecule has 4 unspecified atom stereocenters. The van der Waals surface area contributed by atoms with Gasteiger partial charge in [0.1, 0.15) is 0 Å². The van der Waals surface area contributed by atoms with E-state index in [0.29, 0.717) is 17.9 Å². The first-order valence-electron chi connectivity index (χ1n) is 12.4. The van der Waals surface area contributed by atoms with Crippen molar-refractivity contribution in [3.05, 3.63) is 48.0 Å². The number of aryl methyl sites for hydroxylation is 1. The van der Waals surface area contributed by atoms with Crippen molar-refractivity contribution in [1.29, 1.82) is 0 Å². The first-order chi connectivity index (χ1) is 15.5. The predicted molar refractivity (Wildman–Crippen MR) is 139 cm³/mol. The largest absolute Gasteiger partial charge is 0.351 e. The van der Waals surface area contributed by atoms with Crippen molar-refractivity contribution in [2.24, 2.45) is 17.1 Å². The Morgan fingerprint density at radius 2 is 1.66 bits per heavy atom. The first-order valence-corrected chi connectivity index (χ1v) is 12.4. The van der Waals surface area contributed by atoms with E-state index >= 15 is 0 Å². The van der Waals surface area contributed by atoms with E-state index in [-0.39, 0.29) is 11.4 Å². The Morgan fingerprint density at radius 3 is 2.16 bits per heavy atom. The molecular weight excluding hydrogens is 392 g/mol. The molecule has 0 heterocycles. The molecule has 3 aliphatic rings. The second kappa shape index (κ2) is 12.7. The van der Waals surface area contributed by atoms with Gasteiger partial charge in [-0.05, 0) is 47.9 Å². The first kappa shape index (κ1) is 27.7. The fourth-order valence-electron chi connectivity index (χ4n) is 5.19. The Labute approximate surface area is 196 Å². The second-order valence-corrected chi connectivity index (χ2v) is 8.57. The third kappa shape index (κ3) is 5.36. The summed E-state index contributed by atoms with van der Waals surface area (Å²) < 4.78 is 0. The Bertz CT molecular complexity index is 864. The molecule has 1 amide bonds. The highest BCUT2D eigenvalue weighted by Gasteiger charge is 2.88. The normalized spacial score (nSPS) is 27.2. The summed E-state index contributed by atoms with van der Waals surface area (Å²) >= 11 is 0.